The minimum Gasteiger partial charge on any atom is -0.396 e. The van der Waals surface area contributed by atoms with Gasteiger partial charge in [0, 0.05) is 19.8 Å². The fourth-order valence-electron chi connectivity index (χ4n) is 0.977. The zero-order chi connectivity index (χ0) is 11.7. The lowest BCUT2D eigenvalue weighted by atomic mass is 10.1. The van der Waals surface area contributed by atoms with Gasteiger partial charge in [0.25, 0.3) is 0 Å². The van der Waals surface area contributed by atoms with Crippen LogP contribution in [0.1, 0.15) is 20.3 Å². The topological polar surface area (TPSA) is 75.6 Å². The maximum absolute atomic E-state index is 11.4. The summed E-state index contributed by atoms with van der Waals surface area (Å²) in [6.07, 6.45) is 0.605. The highest BCUT2D eigenvalue weighted by Gasteiger charge is 2.11. The van der Waals surface area contributed by atoms with Gasteiger partial charge in [0.2, 0.25) is 10.0 Å². The predicted octanol–water partition coefficient (Wildman–Crippen LogP) is -0.0392. The Bertz CT molecular complexity index is 240. The van der Waals surface area contributed by atoms with Crippen LogP contribution in [0.4, 0.5) is 0 Å². The highest BCUT2D eigenvalue weighted by Crippen LogP contribution is 1.99. The van der Waals surface area contributed by atoms with Crippen LogP contribution >= 0.6 is 0 Å². The van der Waals surface area contributed by atoms with Crippen molar-refractivity contribution in [3.05, 3.63) is 0 Å². The monoisotopic (exact) mass is 239 g/mol. The first-order chi connectivity index (χ1) is 7.02. The molecule has 0 aliphatic rings. The molecule has 6 heteroatoms. The summed E-state index contributed by atoms with van der Waals surface area (Å²) in [6.45, 7) is 4.91. The second kappa shape index (κ2) is 8.04. The van der Waals surface area contributed by atoms with E-state index in [0.29, 0.717) is 19.6 Å². The summed E-state index contributed by atoms with van der Waals surface area (Å²) < 4.78 is 30.2. The van der Waals surface area contributed by atoms with Crippen molar-refractivity contribution in [1.29, 1.82) is 0 Å². The molecule has 0 radical (unpaired) electrons. The van der Waals surface area contributed by atoms with Crippen LogP contribution in [-0.4, -0.2) is 45.6 Å². The van der Waals surface area contributed by atoms with Crippen molar-refractivity contribution in [1.82, 2.24) is 4.72 Å². The molecule has 0 aromatic heterocycles. The van der Waals surface area contributed by atoms with Gasteiger partial charge in [-0.05, 0) is 19.3 Å². The van der Waals surface area contributed by atoms with E-state index in [-0.39, 0.29) is 24.9 Å². The molecular weight excluding hydrogens is 218 g/mol. The van der Waals surface area contributed by atoms with Gasteiger partial charge < -0.3 is 9.84 Å². The van der Waals surface area contributed by atoms with Crippen molar-refractivity contribution in [2.24, 2.45) is 5.92 Å². The number of sulfonamides is 1. The molecule has 1 atom stereocenters. The van der Waals surface area contributed by atoms with Crippen LogP contribution in [0.25, 0.3) is 0 Å². The normalized spacial score (nSPS) is 14.1. The second-order valence-corrected chi connectivity index (χ2v) is 5.41. The Morgan fingerprint density at radius 2 is 2.13 bits per heavy atom. The molecule has 0 aliphatic carbocycles. The van der Waals surface area contributed by atoms with E-state index in [1.807, 2.05) is 13.8 Å². The standard InChI is InChI=1S/C9H21NO4S/c1-3-14-6-7-15(12,13)10-8-9(2)4-5-11/h9-11H,3-8H2,1-2H3. The van der Waals surface area contributed by atoms with Crippen molar-refractivity contribution in [2.45, 2.75) is 20.3 Å². The lowest BCUT2D eigenvalue weighted by Crippen LogP contribution is -2.32. The molecule has 0 saturated heterocycles. The number of ether oxygens (including phenoxy) is 1. The van der Waals surface area contributed by atoms with Gasteiger partial charge in [0.05, 0.1) is 12.4 Å². The molecule has 15 heavy (non-hydrogen) atoms. The smallest absolute Gasteiger partial charge is 0.213 e. The third-order valence-corrected chi connectivity index (χ3v) is 3.28. The maximum atomic E-state index is 11.4. The van der Waals surface area contributed by atoms with Gasteiger partial charge in [0.15, 0.2) is 0 Å². The predicted molar refractivity (Wildman–Crippen MR) is 59.1 cm³/mol. The Morgan fingerprint density at radius 1 is 1.47 bits per heavy atom. The molecule has 0 aromatic carbocycles. The molecule has 0 saturated carbocycles. The van der Waals surface area contributed by atoms with E-state index < -0.39 is 10.0 Å². The van der Waals surface area contributed by atoms with E-state index in [0.717, 1.165) is 0 Å². The Labute approximate surface area is 91.9 Å². The van der Waals surface area contributed by atoms with Crippen LogP contribution in [0.15, 0.2) is 0 Å². The molecule has 5 nitrogen and oxygen atoms in total. The number of hydrogen-bond donors (Lipinski definition) is 2. The van der Waals surface area contributed by atoms with Gasteiger partial charge in [-0.1, -0.05) is 6.92 Å². The number of aliphatic hydroxyl groups excluding tert-OH is 1. The molecule has 0 spiro atoms. The van der Waals surface area contributed by atoms with Gasteiger partial charge in [-0.25, -0.2) is 13.1 Å². The summed E-state index contributed by atoms with van der Waals surface area (Å²) in [4.78, 5) is 0. The van der Waals surface area contributed by atoms with Crippen LogP contribution in [0.3, 0.4) is 0 Å². The first-order valence-corrected chi connectivity index (χ1v) is 6.83. The average molecular weight is 239 g/mol. The molecule has 0 heterocycles. The van der Waals surface area contributed by atoms with E-state index in [2.05, 4.69) is 4.72 Å². The third kappa shape index (κ3) is 8.80. The molecule has 2 N–H and O–H groups in total. The van der Waals surface area contributed by atoms with Gasteiger partial charge >= 0.3 is 0 Å². The molecule has 0 rings (SSSR count). The summed E-state index contributed by atoms with van der Waals surface area (Å²) in [7, 11) is -3.22. The fraction of sp³-hybridized carbons (Fsp3) is 1.00. The van der Waals surface area contributed by atoms with E-state index in [9.17, 15) is 8.42 Å². The van der Waals surface area contributed by atoms with Crippen molar-refractivity contribution in [3.63, 3.8) is 0 Å². The summed E-state index contributed by atoms with van der Waals surface area (Å²) in [6, 6.07) is 0. The molecular formula is C9H21NO4S. The molecule has 0 aromatic rings. The molecule has 92 valence electrons. The maximum Gasteiger partial charge on any atom is 0.213 e. The van der Waals surface area contributed by atoms with E-state index >= 15 is 0 Å². The summed E-state index contributed by atoms with van der Waals surface area (Å²) in [5.41, 5.74) is 0. The SMILES string of the molecule is CCOCCS(=O)(=O)NCC(C)CCO. The third-order valence-electron chi connectivity index (χ3n) is 1.97. The first kappa shape index (κ1) is 14.8. The minimum absolute atomic E-state index is 0.00726. The average Bonchev–Trinajstić information content (AvgIpc) is 2.16. The number of nitrogens with one attached hydrogen (secondary N) is 1. The minimum atomic E-state index is -3.22. The van der Waals surface area contributed by atoms with E-state index in [1.54, 1.807) is 0 Å². The summed E-state index contributed by atoms with van der Waals surface area (Å²) in [5.74, 6) is 0.143. The molecule has 0 aliphatic heterocycles. The summed E-state index contributed by atoms with van der Waals surface area (Å²) >= 11 is 0. The van der Waals surface area contributed by atoms with E-state index in [4.69, 9.17) is 9.84 Å². The van der Waals surface area contributed by atoms with Crippen molar-refractivity contribution < 1.29 is 18.3 Å². The molecule has 0 fully saturated rings. The van der Waals surface area contributed by atoms with Crippen LogP contribution < -0.4 is 4.72 Å². The van der Waals surface area contributed by atoms with Crippen LogP contribution in [0, 0.1) is 5.92 Å². The molecule has 1 unspecified atom stereocenters. The van der Waals surface area contributed by atoms with Crippen LogP contribution in [0.5, 0.6) is 0 Å². The lowest BCUT2D eigenvalue weighted by Gasteiger charge is -2.11. The molecule has 0 amide bonds. The summed E-state index contributed by atoms with van der Waals surface area (Å²) in [5, 5.41) is 8.64. The Kier molecular flexibility index (Phi) is 7.95. The first-order valence-electron chi connectivity index (χ1n) is 5.17. The highest BCUT2D eigenvalue weighted by molar-refractivity contribution is 7.89. The second-order valence-electron chi connectivity index (χ2n) is 3.48. The quantitative estimate of drug-likeness (QED) is 0.554. The van der Waals surface area contributed by atoms with Gasteiger partial charge in [-0.3, -0.25) is 0 Å². The van der Waals surface area contributed by atoms with Crippen LogP contribution in [0.2, 0.25) is 0 Å². The van der Waals surface area contributed by atoms with Crippen molar-refractivity contribution >= 4 is 10.0 Å². The lowest BCUT2D eigenvalue weighted by molar-refractivity contribution is 0.163. The number of aliphatic hydroxyl groups is 1. The van der Waals surface area contributed by atoms with Crippen molar-refractivity contribution in [3.8, 4) is 0 Å². The Hall–Kier alpha value is -0.170. The van der Waals surface area contributed by atoms with Gasteiger partial charge in [0.1, 0.15) is 0 Å². The highest BCUT2D eigenvalue weighted by atomic mass is 32.2. The largest absolute Gasteiger partial charge is 0.396 e. The van der Waals surface area contributed by atoms with Gasteiger partial charge in [-0.2, -0.15) is 0 Å². The zero-order valence-electron chi connectivity index (χ0n) is 9.40. The van der Waals surface area contributed by atoms with Crippen LogP contribution in [-0.2, 0) is 14.8 Å². The van der Waals surface area contributed by atoms with Gasteiger partial charge in [-0.15, -0.1) is 0 Å². The zero-order valence-corrected chi connectivity index (χ0v) is 10.2. The molecule has 0 bridgehead atoms. The Balaban J connectivity index is 3.73. The number of hydrogen-bond acceptors (Lipinski definition) is 4. The Morgan fingerprint density at radius 3 is 2.67 bits per heavy atom. The van der Waals surface area contributed by atoms with Crippen molar-refractivity contribution in [2.75, 3.05) is 32.1 Å². The fourth-order valence-corrected chi connectivity index (χ4v) is 2.00. The number of rotatable bonds is 9. The van der Waals surface area contributed by atoms with E-state index in [1.165, 1.54) is 0 Å².